The van der Waals surface area contributed by atoms with Gasteiger partial charge < -0.3 is 19.7 Å². The second-order valence-electron chi connectivity index (χ2n) is 10.1. The molecule has 1 N–H and O–H groups in total. The van der Waals surface area contributed by atoms with E-state index in [0.29, 0.717) is 24.4 Å². The van der Waals surface area contributed by atoms with E-state index in [2.05, 4.69) is 36.5 Å². The van der Waals surface area contributed by atoms with E-state index in [9.17, 15) is 9.59 Å². The third-order valence-electron chi connectivity index (χ3n) is 7.39. The third-order valence-corrected chi connectivity index (χ3v) is 7.39. The molecule has 1 heterocycles. The van der Waals surface area contributed by atoms with Crippen LogP contribution in [0.1, 0.15) is 58.3 Å². The highest BCUT2D eigenvalue weighted by atomic mass is 16.5. The average molecular weight is 511 g/mol. The highest BCUT2D eigenvalue weighted by molar-refractivity contribution is 5.97. The largest absolute Gasteiger partial charge is 0.496 e. The Balaban J connectivity index is 1.29. The molecular weight excluding hydrogens is 476 g/mol. The summed E-state index contributed by atoms with van der Waals surface area (Å²) in [6, 6.07) is 23.3. The van der Waals surface area contributed by atoms with Gasteiger partial charge in [0.1, 0.15) is 11.9 Å². The van der Waals surface area contributed by atoms with Crippen molar-refractivity contribution in [3.05, 3.63) is 106 Å². The summed E-state index contributed by atoms with van der Waals surface area (Å²) in [6.07, 6.45) is 5.95. The number of carbonyl (C=O) groups excluding carboxylic acids is 2. The Hall–Kier alpha value is -4.06. The fraction of sp³-hybridized carbons (Fsp3) is 0.312. The Kier molecular flexibility index (Phi) is 7.78. The minimum Gasteiger partial charge on any atom is -0.496 e. The first kappa shape index (κ1) is 25.6. The number of aryl methyl sites for hydroxylation is 1. The number of methoxy groups -OCH3 is 1. The Morgan fingerprint density at radius 2 is 1.76 bits per heavy atom. The molecule has 2 unspecified atom stereocenters. The lowest BCUT2D eigenvalue weighted by Crippen LogP contribution is -2.54. The summed E-state index contributed by atoms with van der Waals surface area (Å²) < 4.78 is 11.6. The summed E-state index contributed by atoms with van der Waals surface area (Å²) in [5.74, 6) is 0.860. The van der Waals surface area contributed by atoms with Crippen molar-refractivity contribution in [1.82, 2.24) is 10.2 Å². The van der Waals surface area contributed by atoms with Gasteiger partial charge in [0.05, 0.1) is 13.2 Å². The first-order chi connectivity index (χ1) is 18.5. The van der Waals surface area contributed by atoms with E-state index >= 15 is 0 Å². The molecule has 2 amide bonds. The van der Waals surface area contributed by atoms with Crippen molar-refractivity contribution in [3.63, 3.8) is 0 Å². The van der Waals surface area contributed by atoms with Gasteiger partial charge in [0.25, 0.3) is 11.8 Å². The molecule has 6 nitrogen and oxygen atoms in total. The van der Waals surface area contributed by atoms with Crippen LogP contribution < -0.4 is 10.1 Å². The number of hydrogen-bond donors (Lipinski definition) is 1. The summed E-state index contributed by atoms with van der Waals surface area (Å²) in [7, 11) is 1.62. The van der Waals surface area contributed by atoms with Crippen LogP contribution in [-0.2, 0) is 22.6 Å². The van der Waals surface area contributed by atoms with Gasteiger partial charge in [-0.3, -0.25) is 9.59 Å². The summed E-state index contributed by atoms with van der Waals surface area (Å²) >= 11 is 0. The van der Waals surface area contributed by atoms with Gasteiger partial charge in [-0.25, -0.2) is 0 Å². The SMILES string of the molecule is COc1ccccc1CNC(=O)c1ccc(/C=C2/OC3CCCCC3N(Cc3ccc(C)cc3)C2=O)cc1. The monoisotopic (exact) mass is 510 g/mol. The van der Waals surface area contributed by atoms with Crippen molar-refractivity contribution in [1.29, 1.82) is 0 Å². The van der Waals surface area contributed by atoms with Crippen LogP contribution in [0.3, 0.4) is 0 Å². The maximum absolute atomic E-state index is 13.6. The highest BCUT2D eigenvalue weighted by Gasteiger charge is 2.41. The molecule has 0 radical (unpaired) electrons. The number of fused-ring (bicyclic) bond motifs is 1. The summed E-state index contributed by atoms with van der Waals surface area (Å²) in [6.45, 7) is 3.01. The smallest absolute Gasteiger partial charge is 0.289 e. The number of para-hydroxylation sites is 1. The van der Waals surface area contributed by atoms with Crippen LogP contribution in [0.2, 0.25) is 0 Å². The van der Waals surface area contributed by atoms with E-state index in [1.807, 2.05) is 41.3 Å². The van der Waals surface area contributed by atoms with Crippen LogP contribution >= 0.6 is 0 Å². The molecule has 6 heteroatoms. The quantitative estimate of drug-likeness (QED) is 0.418. The van der Waals surface area contributed by atoms with E-state index in [-0.39, 0.29) is 24.0 Å². The molecule has 2 aliphatic rings. The fourth-order valence-corrected chi connectivity index (χ4v) is 5.26. The Labute approximate surface area is 224 Å². The van der Waals surface area contributed by atoms with E-state index in [0.717, 1.165) is 48.1 Å². The van der Waals surface area contributed by atoms with Gasteiger partial charge in [-0.1, -0.05) is 66.6 Å². The Bertz CT molecular complexity index is 1310. The number of ether oxygens (including phenoxy) is 2. The van der Waals surface area contributed by atoms with Gasteiger partial charge in [0.15, 0.2) is 5.76 Å². The predicted octanol–water partition coefficient (Wildman–Crippen LogP) is 5.64. The van der Waals surface area contributed by atoms with E-state index < -0.39 is 0 Å². The van der Waals surface area contributed by atoms with Crippen LogP contribution in [0.25, 0.3) is 6.08 Å². The zero-order chi connectivity index (χ0) is 26.5. The maximum Gasteiger partial charge on any atom is 0.289 e. The van der Waals surface area contributed by atoms with E-state index in [1.165, 1.54) is 5.56 Å². The molecule has 2 fully saturated rings. The average Bonchev–Trinajstić information content (AvgIpc) is 2.95. The standard InChI is InChI=1S/C32H34N2O4/c1-22-11-13-24(14-12-22)21-34-27-8-4-6-10-29(27)38-30(32(34)36)19-23-15-17-25(18-16-23)31(35)33-20-26-7-3-5-9-28(26)37-2/h3,5,7,9,11-19,27,29H,4,6,8,10,20-21H2,1-2H3,(H,33,35)/b30-19+. The van der Waals surface area contributed by atoms with Crippen molar-refractivity contribution in [2.24, 2.45) is 0 Å². The lowest BCUT2D eigenvalue weighted by Gasteiger charge is -2.44. The first-order valence-corrected chi connectivity index (χ1v) is 13.3. The van der Waals surface area contributed by atoms with Crippen LogP contribution in [0.15, 0.2) is 78.6 Å². The molecule has 3 aromatic carbocycles. The zero-order valence-corrected chi connectivity index (χ0v) is 22.0. The highest BCUT2D eigenvalue weighted by Crippen LogP contribution is 2.34. The van der Waals surface area contributed by atoms with Crippen molar-refractivity contribution >= 4 is 17.9 Å². The molecule has 5 rings (SSSR count). The minimum atomic E-state index is -0.172. The lowest BCUT2D eigenvalue weighted by atomic mass is 9.89. The maximum atomic E-state index is 13.6. The number of benzene rings is 3. The van der Waals surface area contributed by atoms with Gasteiger partial charge in [0, 0.05) is 24.2 Å². The molecule has 3 aromatic rings. The van der Waals surface area contributed by atoms with Crippen LogP contribution in [0.4, 0.5) is 0 Å². The second kappa shape index (κ2) is 11.5. The normalized spacial score (nSPS) is 20.0. The first-order valence-electron chi connectivity index (χ1n) is 13.3. The van der Waals surface area contributed by atoms with Gasteiger partial charge in [-0.05, 0) is 61.6 Å². The zero-order valence-electron chi connectivity index (χ0n) is 22.0. The van der Waals surface area contributed by atoms with E-state index in [4.69, 9.17) is 9.47 Å². The molecule has 38 heavy (non-hydrogen) atoms. The molecule has 1 aliphatic heterocycles. The number of rotatable bonds is 7. The molecule has 0 bridgehead atoms. The summed E-state index contributed by atoms with van der Waals surface area (Å²) in [5, 5.41) is 2.94. The molecule has 196 valence electrons. The van der Waals surface area contributed by atoms with Gasteiger partial charge in [-0.2, -0.15) is 0 Å². The van der Waals surface area contributed by atoms with Crippen LogP contribution in [0, 0.1) is 6.92 Å². The molecule has 1 aliphatic carbocycles. The number of amides is 2. The second-order valence-corrected chi connectivity index (χ2v) is 10.1. The van der Waals surface area contributed by atoms with Gasteiger partial charge >= 0.3 is 0 Å². The van der Waals surface area contributed by atoms with E-state index in [1.54, 1.807) is 25.3 Å². The number of carbonyl (C=O) groups is 2. The molecule has 0 spiro atoms. The van der Waals surface area contributed by atoms with Crippen LogP contribution in [-0.4, -0.2) is 36.0 Å². The van der Waals surface area contributed by atoms with Crippen LogP contribution in [0.5, 0.6) is 5.75 Å². The minimum absolute atomic E-state index is 0.0122. The van der Waals surface area contributed by atoms with Crippen molar-refractivity contribution in [2.75, 3.05) is 7.11 Å². The third kappa shape index (κ3) is 5.75. The number of nitrogens with one attached hydrogen (secondary N) is 1. The lowest BCUT2D eigenvalue weighted by molar-refractivity contribution is -0.149. The van der Waals surface area contributed by atoms with Gasteiger partial charge in [-0.15, -0.1) is 0 Å². The number of morpholine rings is 1. The molecule has 1 saturated heterocycles. The van der Waals surface area contributed by atoms with Crippen molar-refractivity contribution in [2.45, 2.75) is 57.8 Å². The molecule has 0 aromatic heterocycles. The van der Waals surface area contributed by atoms with Gasteiger partial charge in [0.2, 0.25) is 0 Å². The molecule has 2 atom stereocenters. The van der Waals surface area contributed by atoms with Crippen molar-refractivity contribution < 1.29 is 19.1 Å². The number of hydrogen-bond acceptors (Lipinski definition) is 4. The van der Waals surface area contributed by atoms with Crippen molar-refractivity contribution in [3.8, 4) is 5.75 Å². The molecular formula is C32H34N2O4. The Morgan fingerprint density at radius 1 is 1.03 bits per heavy atom. The fourth-order valence-electron chi connectivity index (χ4n) is 5.26. The summed E-state index contributed by atoms with van der Waals surface area (Å²) in [4.78, 5) is 28.3. The predicted molar refractivity (Wildman–Crippen MR) is 147 cm³/mol. The Morgan fingerprint density at radius 3 is 2.53 bits per heavy atom. The number of nitrogens with zero attached hydrogens (tertiary/aromatic N) is 1. The summed E-state index contributed by atoms with van der Waals surface area (Å²) in [5.41, 5.74) is 4.60. The topological polar surface area (TPSA) is 67.9 Å². The molecule has 1 saturated carbocycles.